The highest BCUT2D eigenvalue weighted by Gasteiger charge is 2.23. The van der Waals surface area contributed by atoms with Crippen molar-refractivity contribution in [2.45, 2.75) is 25.9 Å². The maximum atomic E-state index is 12.4. The van der Waals surface area contributed by atoms with Gasteiger partial charge in [0, 0.05) is 49.8 Å². The number of nitrogens with zero attached hydrogens (tertiary/aromatic N) is 5. The molecule has 0 aliphatic carbocycles. The van der Waals surface area contributed by atoms with Gasteiger partial charge in [0.15, 0.2) is 4.96 Å². The normalized spacial score (nSPS) is 18.2. The molecule has 2 amide bonds. The van der Waals surface area contributed by atoms with E-state index in [4.69, 9.17) is 0 Å². The molecule has 0 aromatic carbocycles. The van der Waals surface area contributed by atoms with Gasteiger partial charge in [-0.25, -0.2) is 14.8 Å². The largest absolute Gasteiger partial charge is 0.337 e. The topological polar surface area (TPSA) is 67.5 Å². The molecule has 3 aromatic rings. The molecule has 1 aliphatic rings. The second kappa shape index (κ2) is 6.64. The SMILES string of the molecule is O=C(NCc1cn2ccsc2n1)N1CCC[C@H](Cn2ccnc2)C1. The lowest BCUT2D eigenvalue weighted by molar-refractivity contribution is 0.159. The maximum absolute atomic E-state index is 12.4. The summed E-state index contributed by atoms with van der Waals surface area (Å²) < 4.78 is 4.07. The van der Waals surface area contributed by atoms with Gasteiger partial charge in [0.2, 0.25) is 0 Å². The molecule has 1 atom stereocenters. The van der Waals surface area contributed by atoms with Gasteiger partial charge in [0.05, 0.1) is 18.6 Å². The molecular formula is C16H20N6OS. The van der Waals surface area contributed by atoms with E-state index in [-0.39, 0.29) is 6.03 Å². The van der Waals surface area contributed by atoms with Gasteiger partial charge in [-0.2, -0.15) is 0 Å². The number of imidazole rings is 2. The van der Waals surface area contributed by atoms with Crippen LogP contribution in [0, 0.1) is 5.92 Å². The van der Waals surface area contributed by atoms with Gasteiger partial charge in [0.25, 0.3) is 0 Å². The van der Waals surface area contributed by atoms with Crippen molar-refractivity contribution in [3.63, 3.8) is 0 Å². The highest BCUT2D eigenvalue weighted by molar-refractivity contribution is 7.15. The lowest BCUT2D eigenvalue weighted by Crippen LogP contribution is -2.46. The minimum atomic E-state index is 0.00156. The third-order valence-electron chi connectivity index (χ3n) is 4.40. The third-order valence-corrected chi connectivity index (χ3v) is 5.17. The monoisotopic (exact) mass is 344 g/mol. The summed E-state index contributed by atoms with van der Waals surface area (Å²) in [5, 5.41) is 4.99. The number of urea groups is 1. The molecule has 24 heavy (non-hydrogen) atoms. The van der Waals surface area contributed by atoms with Crippen molar-refractivity contribution >= 4 is 22.3 Å². The van der Waals surface area contributed by atoms with Crippen molar-refractivity contribution in [1.29, 1.82) is 0 Å². The molecule has 4 rings (SSSR count). The molecule has 1 N–H and O–H groups in total. The second-order valence-electron chi connectivity index (χ2n) is 6.20. The molecule has 4 heterocycles. The fraction of sp³-hybridized carbons (Fsp3) is 0.438. The highest BCUT2D eigenvalue weighted by Crippen LogP contribution is 2.18. The number of rotatable bonds is 4. The number of hydrogen-bond donors (Lipinski definition) is 1. The standard InChI is InChI=1S/C16H20N6OS/c23-15(18-8-14-11-22-6-7-24-16(22)19-14)21-4-1-2-13(10-21)9-20-5-3-17-12-20/h3,5-7,11-13H,1-2,4,8-10H2,(H,18,23)/t13-/m1/s1. The molecule has 7 nitrogen and oxygen atoms in total. The number of carbonyl (C=O) groups is 1. The zero-order valence-electron chi connectivity index (χ0n) is 13.3. The molecule has 8 heteroatoms. The van der Waals surface area contributed by atoms with E-state index in [2.05, 4.69) is 19.9 Å². The number of nitrogens with one attached hydrogen (secondary N) is 1. The van der Waals surface area contributed by atoms with Crippen molar-refractivity contribution in [1.82, 2.24) is 29.2 Å². The Morgan fingerprint density at radius 1 is 1.42 bits per heavy atom. The predicted molar refractivity (Wildman–Crippen MR) is 91.8 cm³/mol. The van der Waals surface area contributed by atoms with Crippen LogP contribution in [0.5, 0.6) is 0 Å². The fourth-order valence-electron chi connectivity index (χ4n) is 3.23. The van der Waals surface area contributed by atoms with Gasteiger partial charge in [-0.1, -0.05) is 0 Å². The van der Waals surface area contributed by atoms with Crippen LogP contribution in [0.3, 0.4) is 0 Å². The van der Waals surface area contributed by atoms with E-state index in [0.29, 0.717) is 12.5 Å². The van der Waals surface area contributed by atoms with Crippen molar-refractivity contribution in [2.24, 2.45) is 5.92 Å². The van der Waals surface area contributed by atoms with Crippen molar-refractivity contribution in [2.75, 3.05) is 13.1 Å². The highest BCUT2D eigenvalue weighted by atomic mass is 32.1. The zero-order chi connectivity index (χ0) is 16.4. The van der Waals surface area contributed by atoms with Gasteiger partial charge in [-0.3, -0.25) is 4.40 Å². The van der Waals surface area contributed by atoms with E-state index in [1.165, 1.54) is 0 Å². The van der Waals surface area contributed by atoms with E-state index < -0.39 is 0 Å². The van der Waals surface area contributed by atoms with Crippen LogP contribution < -0.4 is 5.32 Å². The van der Waals surface area contributed by atoms with E-state index in [0.717, 1.165) is 43.1 Å². The molecule has 0 saturated carbocycles. The number of piperidine rings is 1. The van der Waals surface area contributed by atoms with E-state index in [1.807, 2.05) is 39.6 Å². The van der Waals surface area contributed by atoms with Crippen LogP contribution in [0.4, 0.5) is 4.79 Å². The van der Waals surface area contributed by atoms with Crippen LogP contribution in [0.1, 0.15) is 18.5 Å². The molecule has 0 radical (unpaired) electrons. The average Bonchev–Trinajstić information content (AvgIpc) is 3.30. The predicted octanol–water partition coefficient (Wildman–Crippen LogP) is 2.21. The number of amides is 2. The molecular weight excluding hydrogens is 324 g/mol. The van der Waals surface area contributed by atoms with E-state index >= 15 is 0 Å². The summed E-state index contributed by atoms with van der Waals surface area (Å²) >= 11 is 1.59. The van der Waals surface area contributed by atoms with E-state index in [1.54, 1.807) is 17.5 Å². The molecule has 0 unspecified atom stereocenters. The van der Waals surface area contributed by atoms with Crippen LogP contribution in [0.2, 0.25) is 0 Å². The van der Waals surface area contributed by atoms with Gasteiger partial charge in [-0.15, -0.1) is 11.3 Å². The number of likely N-dealkylation sites (tertiary alicyclic amines) is 1. The minimum absolute atomic E-state index is 0.00156. The fourth-order valence-corrected chi connectivity index (χ4v) is 3.95. The Labute approximate surface area is 143 Å². The van der Waals surface area contributed by atoms with Crippen LogP contribution in [-0.2, 0) is 13.1 Å². The first-order chi connectivity index (χ1) is 11.8. The summed E-state index contributed by atoms with van der Waals surface area (Å²) in [6.45, 7) is 3.00. The van der Waals surface area contributed by atoms with Crippen LogP contribution in [-0.4, -0.2) is 43.0 Å². The van der Waals surface area contributed by atoms with Gasteiger partial charge >= 0.3 is 6.03 Å². The summed E-state index contributed by atoms with van der Waals surface area (Å²) in [6, 6.07) is 0.00156. The average molecular weight is 344 g/mol. The molecule has 0 bridgehead atoms. The number of thiazole rings is 1. The molecule has 0 spiro atoms. The molecule has 3 aromatic heterocycles. The molecule has 1 aliphatic heterocycles. The number of hydrogen-bond acceptors (Lipinski definition) is 4. The lowest BCUT2D eigenvalue weighted by Gasteiger charge is -2.32. The lowest BCUT2D eigenvalue weighted by atomic mass is 9.98. The van der Waals surface area contributed by atoms with Gasteiger partial charge in [-0.05, 0) is 18.8 Å². The summed E-state index contributed by atoms with van der Waals surface area (Å²) in [5.41, 5.74) is 0.891. The molecule has 1 fully saturated rings. The second-order valence-corrected chi connectivity index (χ2v) is 7.07. The summed E-state index contributed by atoms with van der Waals surface area (Å²) in [5.74, 6) is 0.483. The number of aromatic nitrogens is 4. The quantitative estimate of drug-likeness (QED) is 0.789. The summed E-state index contributed by atoms with van der Waals surface area (Å²) in [4.78, 5) is 23.9. The first-order valence-corrected chi connectivity index (χ1v) is 9.05. The number of fused-ring (bicyclic) bond motifs is 1. The summed E-state index contributed by atoms with van der Waals surface area (Å²) in [6.07, 6.45) is 11.7. The minimum Gasteiger partial charge on any atom is -0.337 e. The maximum Gasteiger partial charge on any atom is 0.317 e. The Morgan fingerprint density at radius 3 is 3.21 bits per heavy atom. The Kier molecular flexibility index (Phi) is 4.20. The van der Waals surface area contributed by atoms with Gasteiger partial charge in [0.1, 0.15) is 0 Å². The van der Waals surface area contributed by atoms with Crippen LogP contribution >= 0.6 is 11.3 Å². The molecule has 1 saturated heterocycles. The number of carbonyl (C=O) groups excluding carboxylic acids is 1. The van der Waals surface area contributed by atoms with Crippen LogP contribution in [0.15, 0.2) is 36.5 Å². The first-order valence-electron chi connectivity index (χ1n) is 8.17. The zero-order valence-corrected chi connectivity index (χ0v) is 14.2. The Morgan fingerprint density at radius 2 is 2.38 bits per heavy atom. The van der Waals surface area contributed by atoms with Crippen molar-refractivity contribution < 1.29 is 4.79 Å². The Bertz CT molecular complexity index is 779. The Hall–Kier alpha value is -2.35. The van der Waals surface area contributed by atoms with Crippen LogP contribution in [0.25, 0.3) is 4.96 Å². The third kappa shape index (κ3) is 3.28. The van der Waals surface area contributed by atoms with Crippen molar-refractivity contribution in [3.8, 4) is 0 Å². The van der Waals surface area contributed by atoms with Crippen molar-refractivity contribution in [3.05, 3.63) is 42.2 Å². The summed E-state index contributed by atoms with van der Waals surface area (Å²) in [7, 11) is 0. The molecule has 126 valence electrons. The first kappa shape index (κ1) is 15.2. The van der Waals surface area contributed by atoms with E-state index in [9.17, 15) is 4.79 Å². The van der Waals surface area contributed by atoms with Gasteiger partial charge < -0.3 is 14.8 Å². The Balaban J connectivity index is 1.31. The smallest absolute Gasteiger partial charge is 0.317 e.